The van der Waals surface area contributed by atoms with Crippen molar-refractivity contribution in [3.63, 3.8) is 0 Å². The second-order valence-corrected chi connectivity index (χ2v) is 6.16. The van der Waals surface area contributed by atoms with Gasteiger partial charge in [-0.05, 0) is 18.9 Å². The van der Waals surface area contributed by atoms with Crippen LogP contribution >= 0.6 is 0 Å². The SMILES string of the molecule is NC(=O)C1CCCCC1NC(=O)Cn1ncc2ccccc2c1=O. The molecule has 7 nitrogen and oxygen atoms in total. The van der Waals surface area contributed by atoms with Gasteiger partial charge in [-0.1, -0.05) is 31.0 Å². The van der Waals surface area contributed by atoms with E-state index in [-0.39, 0.29) is 35.9 Å². The fourth-order valence-electron chi connectivity index (χ4n) is 3.27. The minimum Gasteiger partial charge on any atom is -0.369 e. The van der Waals surface area contributed by atoms with E-state index in [0.717, 1.165) is 29.3 Å². The number of rotatable bonds is 4. The van der Waals surface area contributed by atoms with Crippen LogP contribution in [0.3, 0.4) is 0 Å². The van der Waals surface area contributed by atoms with Gasteiger partial charge in [-0.3, -0.25) is 14.4 Å². The molecule has 2 atom stereocenters. The lowest BCUT2D eigenvalue weighted by atomic mass is 9.84. The van der Waals surface area contributed by atoms with Gasteiger partial charge in [0.15, 0.2) is 0 Å². The number of carbonyl (C=O) groups is 2. The minimum atomic E-state index is -0.388. The monoisotopic (exact) mass is 328 g/mol. The Morgan fingerprint density at radius 3 is 2.79 bits per heavy atom. The molecule has 3 N–H and O–H groups in total. The summed E-state index contributed by atoms with van der Waals surface area (Å²) in [5, 5.41) is 8.14. The zero-order chi connectivity index (χ0) is 17.1. The lowest BCUT2D eigenvalue weighted by Crippen LogP contribution is -2.48. The molecule has 1 aromatic heterocycles. The Bertz CT molecular complexity index is 830. The number of hydrogen-bond acceptors (Lipinski definition) is 4. The van der Waals surface area contributed by atoms with Gasteiger partial charge in [0.25, 0.3) is 5.56 Å². The maximum Gasteiger partial charge on any atom is 0.275 e. The molecule has 0 saturated heterocycles. The van der Waals surface area contributed by atoms with Crippen LogP contribution in [0.4, 0.5) is 0 Å². The molecule has 1 saturated carbocycles. The Balaban J connectivity index is 1.74. The molecule has 2 aromatic rings. The van der Waals surface area contributed by atoms with E-state index in [1.165, 1.54) is 0 Å². The maximum atomic E-state index is 12.4. The van der Waals surface area contributed by atoms with Crippen LogP contribution in [0.2, 0.25) is 0 Å². The fraction of sp³-hybridized carbons (Fsp3) is 0.412. The van der Waals surface area contributed by atoms with Crippen molar-refractivity contribution in [3.8, 4) is 0 Å². The predicted octanol–water partition coefficient (Wildman–Crippen LogP) is 0.557. The minimum absolute atomic E-state index is 0.175. The highest BCUT2D eigenvalue weighted by Gasteiger charge is 2.30. The van der Waals surface area contributed by atoms with E-state index in [1.54, 1.807) is 24.4 Å². The molecule has 1 aliphatic rings. The molecule has 7 heteroatoms. The third-order valence-corrected chi connectivity index (χ3v) is 4.53. The summed E-state index contributed by atoms with van der Waals surface area (Å²) in [6, 6.07) is 6.84. The highest BCUT2D eigenvalue weighted by atomic mass is 16.2. The number of aromatic nitrogens is 2. The van der Waals surface area contributed by atoms with Gasteiger partial charge in [0, 0.05) is 11.4 Å². The molecule has 0 aliphatic heterocycles. The Morgan fingerprint density at radius 2 is 2.00 bits per heavy atom. The van der Waals surface area contributed by atoms with Crippen molar-refractivity contribution in [2.75, 3.05) is 0 Å². The largest absolute Gasteiger partial charge is 0.369 e. The van der Waals surface area contributed by atoms with Crippen LogP contribution in [-0.4, -0.2) is 27.6 Å². The second-order valence-electron chi connectivity index (χ2n) is 6.16. The van der Waals surface area contributed by atoms with E-state index in [1.807, 2.05) is 6.07 Å². The summed E-state index contributed by atoms with van der Waals surface area (Å²) in [7, 11) is 0. The molecule has 2 amide bonds. The fourth-order valence-corrected chi connectivity index (χ4v) is 3.27. The third kappa shape index (κ3) is 3.29. The van der Waals surface area contributed by atoms with Gasteiger partial charge in [-0.25, -0.2) is 4.68 Å². The Labute approximate surface area is 138 Å². The number of fused-ring (bicyclic) bond motifs is 1. The summed E-state index contributed by atoms with van der Waals surface area (Å²) >= 11 is 0. The van der Waals surface area contributed by atoms with Crippen molar-refractivity contribution in [1.82, 2.24) is 15.1 Å². The first-order valence-electron chi connectivity index (χ1n) is 8.10. The summed E-state index contributed by atoms with van der Waals surface area (Å²) in [5.74, 6) is -1.07. The Morgan fingerprint density at radius 1 is 1.25 bits per heavy atom. The van der Waals surface area contributed by atoms with E-state index < -0.39 is 0 Å². The second kappa shape index (κ2) is 6.82. The number of benzene rings is 1. The lowest BCUT2D eigenvalue weighted by molar-refractivity contribution is -0.126. The zero-order valence-corrected chi connectivity index (χ0v) is 13.3. The van der Waals surface area contributed by atoms with Gasteiger partial charge in [0.1, 0.15) is 6.54 Å². The number of nitrogens with zero attached hydrogens (tertiary/aromatic N) is 2. The van der Waals surface area contributed by atoms with Crippen molar-refractivity contribution < 1.29 is 9.59 Å². The van der Waals surface area contributed by atoms with Gasteiger partial charge in [0.05, 0.1) is 17.5 Å². The molecule has 1 heterocycles. The first-order valence-corrected chi connectivity index (χ1v) is 8.10. The molecule has 2 unspecified atom stereocenters. The number of amides is 2. The Kier molecular flexibility index (Phi) is 4.59. The van der Waals surface area contributed by atoms with Crippen LogP contribution < -0.4 is 16.6 Å². The van der Waals surface area contributed by atoms with Crippen molar-refractivity contribution >= 4 is 22.6 Å². The third-order valence-electron chi connectivity index (χ3n) is 4.53. The first kappa shape index (κ1) is 16.2. The first-order chi connectivity index (χ1) is 11.6. The van der Waals surface area contributed by atoms with E-state index in [4.69, 9.17) is 5.73 Å². The summed E-state index contributed by atoms with van der Waals surface area (Å²) in [6.45, 7) is -0.175. The number of hydrogen-bond donors (Lipinski definition) is 2. The van der Waals surface area contributed by atoms with Crippen molar-refractivity contribution in [3.05, 3.63) is 40.8 Å². The van der Waals surface area contributed by atoms with Gasteiger partial charge < -0.3 is 11.1 Å². The molecule has 3 rings (SSSR count). The van der Waals surface area contributed by atoms with Crippen LogP contribution in [0.5, 0.6) is 0 Å². The quantitative estimate of drug-likeness (QED) is 0.855. The summed E-state index contributed by atoms with van der Waals surface area (Å²) in [5.41, 5.74) is 5.11. The number of primary amides is 1. The summed E-state index contributed by atoms with van der Waals surface area (Å²) in [6.07, 6.45) is 4.86. The standard InChI is InChI=1S/C17H20N4O3/c18-16(23)13-7-3-4-8-14(13)20-15(22)10-21-17(24)12-6-2-1-5-11(12)9-19-21/h1-2,5-6,9,13-14H,3-4,7-8,10H2,(H2,18,23)(H,20,22). The molecule has 0 bridgehead atoms. The van der Waals surface area contributed by atoms with Crippen molar-refractivity contribution in [2.45, 2.75) is 38.3 Å². The van der Waals surface area contributed by atoms with E-state index >= 15 is 0 Å². The molecule has 24 heavy (non-hydrogen) atoms. The van der Waals surface area contributed by atoms with Gasteiger partial charge >= 0.3 is 0 Å². The van der Waals surface area contributed by atoms with Crippen LogP contribution in [0.15, 0.2) is 35.3 Å². The molecule has 126 valence electrons. The summed E-state index contributed by atoms with van der Waals surface area (Å²) < 4.78 is 1.14. The van der Waals surface area contributed by atoms with E-state index in [2.05, 4.69) is 10.4 Å². The maximum absolute atomic E-state index is 12.4. The van der Waals surface area contributed by atoms with Crippen LogP contribution in [0, 0.1) is 5.92 Å². The lowest BCUT2D eigenvalue weighted by Gasteiger charge is -2.29. The Hall–Kier alpha value is -2.70. The van der Waals surface area contributed by atoms with E-state index in [9.17, 15) is 14.4 Å². The molecule has 1 aromatic carbocycles. The molecule has 1 aliphatic carbocycles. The predicted molar refractivity (Wildman–Crippen MR) is 89.1 cm³/mol. The topological polar surface area (TPSA) is 107 Å². The van der Waals surface area contributed by atoms with Gasteiger partial charge in [0.2, 0.25) is 11.8 Å². The van der Waals surface area contributed by atoms with Gasteiger partial charge in [-0.2, -0.15) is 5.10 Å². The molecule has 1 fully saturated rings. The molecule has 0 radical (unpaired) electrons. The van der Waals surface area contributed by atoms with Crippen LogP contribution in [0.25, 0.3) is 10.8 Å². The highest BCUT2D eigenvalue weighted by Crippen LogP contribution is 2.24. The van der Waals surface area contributed by atoms with E-state index in [0.29, 0.717) is 11.8 Å². The molecular weight excluding hydrogens is 308 g/mol. The number of carbonyl (C=O) groups excluding carboxylic acids is 2. The molecular formula is C17H20N4O3. The highest BCUT2D eigenvalue weighted by molar-refractivity contribution is 5.82. The smallest absolute Gasteiger partial charge is 0.275 e. The van der Waals surface area contributed by atoms with Crippen molar-refractivity contribution in [1.29, 1.82) is 0 Å². The summed E-state index contributed by atoms with van der Waals surface area (Å²) in [4.78, 5) is 36.2. The molecule has 0 spiro atoms. The average molecular weight is 328 g/mol. The van der Waals surface area contributed by atoms with Crippen molar-refractivity contribution in [2.24, 2.45) is 11.7 Å². The average Bonchev–Trinajstić information content (AvgIpc) is 2.58. The normalized spacial score (nSPS) is 20.7. The van der Waals surface area contributed by atoms with Gasteiger partial charge in [-0.15, -0.1) is 0 Å². The number of nitrogens with two attached hydrogens (primary N) is 1. The number of nitrogens with one attached hydrogen (secondary N) is 1. The van der Waals surface area contributed by atoms with Crippen LogP contribution in [-0.2, 0) is 16.1 Å². The van der Waals surface area contributed by atoms with Crippen LogP contribution in [0.1, 0.15) is 25.7 Å². The zero-order valence-electron chi connectivity index (χ0n) is 13.3.